The fourth-order valence-electron chi connectivity index (χ4n) is 1.65. The highest BCUT2D eigenvalue weighted by atomic mass is 31.2. The first-order valence-electron chi connectivity index (χ1n) is 5.67. The van der Waals surface area contributed by atoms with Crippen molar-refractivity contribution in [1.29, 1.82) is 0 Å². The monoisotopic (exact) mass is 281 g/mol. The van der Waals surface area contributed by atoms with Crippen LogP contribution in [0.25, 0.3) is 0 Å². The Morgan fingerprint density at radius 1 is 1.11 bits per heavy atom. The second-order valence-corrected chi connectivity index (χ2v) is 5.94. The first-order valence-corrected chi connectivity index (χ1v) is 7.47. The summed E-state index contributed by atoms with van der Waals surface area (Å²) in [5.41, 5.74) is 1.85. The van der Waals surface area contributed by atoms with Gasteiger partial charge in [-0.1, -0.05) is 0 Å². The van der Waals surface area contributed by atoms with Gasteiger partial charge in [-0.25, -0.2) is 9.79 Å². The van der Waals surface area contributed by atoms with Gasteiger partial charge in [-0.15, -0.1) is 0 Å². The van der Waals surface area contributed by atoms with Gasteiger partial charge in [0.25, 0.3) is 0 Å². The molecule has 100 valence electrons. The predicted molar refractivity (Wildman–Crippen MR) is 70.1 cm³/mol. The van der Waals surface area contributed by atoms with E-state index in [-0.39, 0.29) is 12.7 Å². The molecule has 2 aliphatic rings. The van der Waals surface area contributed by atoms with Gasteiger partial charge >= 0.3 is 0 Å². The van der Waals surface area contributed by atoms with E-state index in [1.165, 1.54) is 12.4 Å². The molecule has 0 saturated carbocycles. The van der Waals surface area contributed by atoms with Crippen LogP contribution in [0, 0.1) is 4.91 Å². The maximum atomic E-state index is 10.9. The van der Waals surface area contributed by atoms with Gasteiger partial charge in [0.2, 0.25) is 20.3 Å². The molecule has 0 unspecified atom stereocenters. The molecule has 0 atom stereocenters. The van der Waals surface area contributed by atoms with Crippen LogP contribution >= 0.6 is 7.94 Å². The van der Waals surface area contributed by atoms with Crippen molar-refractivity contribution >= 4 is 7.94 Å². The van der Waals surface area contributed by atoms with Crippen molar-refractivity contribution in [2.24, 2.45) is 0 Å². The minimum atomic E-state index is -3.96. The lowest BCUT2D eigenvalue weighted by molar-refractivity contribution is -0.403. The average molecular weight is 281 g/mol. The summed E-state index contributed by atoms with van der Waals surface area (Å²) in [6.07, 6.45) is 13.3. The Balaban J connectivity index is 1.99. The third kappa shape index (κ3) is 4.22. The number of nitroso groups, excluding NO2 is 1. The lowest BCUT2D eigenvalue weighted by atomic mass is 10.1. The predicted octanol–water partition coefficient (Wildman–Crippen LogP) is 0.553. The molecule has 2 N–H and O–H groups in total. The van der Waals surface area contributed by atoms with E-state index in [1.807, 2.05) is 12.2 Å². The number of allylic oxidation sites excluding steroid dienone is 6. The second kappa shape index (κ2) is 5.59. The van der Waals surface area contributed by atoms with E-state index in [9.17, 15) is 9.80 Å². The molecule has 19 heavy (non-hydrogen) atoms. The zero-order valence-electron chi connectivity index (χ0n) is 10.1. The van der Waals surface area contributed by atoms with Crippen molar-refractivity contribution in [3.63, 3.8) is 0 Å². The first-order chi connectivity index (χ1) is 8.94. The third-order valence-corrected chi connectivity index (χ3v) is 3.46. The molecule has 0 saturated heterocycles. The molecule has 6 nitrogen and oxygen atoms in total. The van der Waals surface area contributed by atoms with Crippen LogP contribution in [0.15, 0.2) is 60.3 Å². The highest BCUT2D eigenvalue weighted by Gasteiger charge is 2.19. The van der Waals surface area contributed by atoms with Gasteiger partial charge in [0.15, 0.2) is 0 Å². The number of hydrogen-bond donors (Lipinski definition) is 2. The lowest BCUT2D eigenvalue weighted by Gasteiger charge is -2.22. The summed E-state index contributed by atoms with van der Waals surface area (Å²) in [6.45, 7) is 0.264. The molecule has 0 spiro atoms. The smallest absolute Gasteiger partial charge is 0.232 e. The Hall–Kier alpha value is -1.59. The third-order valence-electron chi connectivity index (χ3n) is 2.68. The molecule has 0 amide bonds. The molecule has 0 aliphatic carbocycles. The van der Waals surface area contributed by atoms with Crippen molar-refractivity contribution in [2.45, 2.75) is 0 Å². The zero-order chi connectivity index (χ0) is 13.9. The van der Waals surface area contributed by atoms with Crippen LogP contribution in [-0.4, -0.2) is 32.2 Å². The standard InChI is InChI=1S/C12H13N2O4P/c15-14-7-3-12(4-8-14)11-1-5-13(6-2-11)9-10-19(16,17)18/h1-8H,9-10H2,(H-,16,17,18)/p+1. The molecule has 7 heteroatoms. The number of rotatable bonds is 3. The van der Waals surface area contributed by atoms with Crippen molar-refractivity contribution < 1.29 is 19.4 Å². The molecule has 0 bridgehead atoms. The molecule has 2 rings (SSSR count). The van der Waals surface area contributed by atoms with Gasteiger partial charge in [-0.3, -0.25) is 0 Å². The van der Waals surface area contributed by atoms with E-state index in [0.717, 1.165) is 11.1 Å². The SMILES string of the molecule is O=[N+]1C=CC(=C2C=CN(CC[P+]([O-])(O)O)C=C2)C=C1. The molecule has 2 aliphatic heterocycles. The first kappa shape index (κ1) is 13.8. The molecular formula is C12H14N2O4P+. The molecule has 0 aromatic rings. The van der Waals surface area contributed by atoms with Crippen LogP contribution in [0.3, 0.4) is 0 Å². The summed E-state index contributed by atoms with van der Waals surface area (Å²) in [5.74, 6) is 0. The Morgan fingerprint density at radius 2 is 1.63 bits per heavy atom. The Bertz CT molecular complexity index is 492. The summed E-state index contributed by atoms with van der Waals surface area (Å²) >= 11 is 0. The summed E-state index contributed by atoms with van der Waals surface area (Å²) < 4.78 is 0.715. The Morgan fingerprint density at radius 3 is 2.16 bits per heavy atom. The van der Waals surface area contributed by atoms with E-state index in [0.29, 0.717) is 4.76 Å². The van der Waals surface area contributed by atoms with Gasteiger partial charge in [-0.2, -0.15) is 0 Å². The number of hydrogen-bond acceptors (Lipinski definition) is 5. The van der Waals surface area contributed by atoms with E-state index < -0.39 is 7.94 Å². The number of nitrogens with zero attached hydrogens (tertiary/aromatic N) is 2. The van der Waals surface area contributed by atoms with Crippen LogP contribution < -0.4 is 4.89 Å². The van der Waals surface area contributed by atoms with Gasteiger partial charge in [0, 0.05) is 29.5 Å². The van der Waals surface area contributed by atoms with Gasteiger partial charge in [-0.05, 0) is 23.3 Å². The van der Waals surface area contributed by atoms with E-state index in [2.05, 4.69) is 0 Å². The molecule has 0 radical (unpaired) electrons. The van der Waals surface area contributed by atoms with E-state index in [4.69, 9.17) is 9.79 Å². The fourth-order valence-corrected chi connectivity index (χ4v) is 2.14. The largest absolute Gasteiger partial charge is 0.632 e. The minimum absolute atomic E-state index is 0.182. The van der Waals surface area contributed by atoms with Crippen LogP contribution in [-0.2, 0) is 0 Å². The van der Waals surface area contributed by atoms with Gasteiger partial charge in [0.1, 0.15) is 6.16 Å². The summed E-state index contributed by atoms with van der Waals surface area (Å²) in [5, 5.41) is 0. The van der Waals surface area contributed by atoms with Crippen molar-refractivity contribution in [2.75, 3.05) is 12.7 Å². The van der Waals surface area contributed by atoms with Crippen LogP contribution in [0.1, 0.15) is 0 Å². The normalized spacial score (nSPS) is 18.7. The fraction of sp³-hybridized carbons (Fsp3) is 0.167. The minimum Gasteiger partial charge on any atom is -0.632 e. The molecule has 0 aromatic heterocycles. The van der Waals surface area contributed by atoms with Crippen molar-refractivity contribution in [3.8, 4) is 0 Å². The highest BCUT2D eigenvalue weighted by molar-refractivity contribution is 7.57. The quantitative estimate of drug-likeness (QED) is 0.583. The molecular weight excluding hydrogens is 267 g/mol. The van der Waals surface area contributed by atoms with Crippen LogP contribution in [0.5, 0.6) is 0 Å². The summed E-state index contributed by atoms with van der Waals surface area (Å²) in [7, 11) is -3.96. The topological polar surface area (TPSA) is 86.8 Å². The van der Waals surface area contributed by atoms with Crippen molar-refractivity contribution in [3.05, 3.63) is 65.2 Å². The lowest BCUT2D eigenvalue weighted by Crippen LogP contribution is -2.22. The van der Waals surface area contributed by atoms with E-state index >= 15 is 0 Å². The highest BCUT2D eigenvalue weighted by Crippen LogP contribution is 2.38. The maximum Gasteiger partial charge on any atom is 0.232 e. The van der Waals surface area contributed by atoms with Gasteiger partial charge < -0.3 is 9.79 Å². The molecule has 2 heterocycles. The summed E-state index contributed by atoms with van der Waals surface area (Å²) in [6, 6.07) is 0. The van der Waals surface area contributed by atoms with Crippen LogP contribution in [0.2, 0.25) is 0 Å². The Labute approximate surface area is 111 Å². The molecule has 0 fully saturated rings. The van der Waals surface area contributed by atoms with Crippen LogP contribution in [0.4, 0.5) is 0 Å². The zero-order valence-corrected chi connectivity index (χ0v) is 11.0. The van der Waals surface area contributed by atoms with Crippen molar-refractivity contribution in [1.82, 2.24) is 4.90 Å². The molecule has 0 aromatic carbocycles. The maximum absolute atomic E-state index is 10.9. The summed E-state index contributed by atoms with van der Waals surface area (Å²) in [4.78, 5) is 41.0. The van der Waals surface area contributed by atoms with Gasteiger partial charge in [0.05, 0.1) is 11.3 Å². The average Bonchev–Trinajstić information content (AvgIpc) is 2.37. The second-order valence-electron chi connectivity index (χ2n) is 4.16. The Kier molecular flexibility index (Phi) is 4.07. The van der Waals surface area contributed by atoms with E-state index in [1.54, 1.807) is 29.5 Å².